The Balaban J connectivity index is 2.25. The van der Waals surface area contributed by atoms with Crippen LogP contribution in [0.25, 0.3) is 0 Å². The first kappa shape index (κ1) is 20.1. The van der Waals surface area contributed by atoms with Crippen molar-refractivity contribution >= 4 is 11.7 Å². The zero-order chi connectivity index (χ0) is 20.2. The monoisotopic (exact) mass is 379 g/mol. The Bertz CT molecular complexity index is 840. The van der Waals surface area contributed by atoms with Crippen LogP contribution in [-0.2, 0) is 16.8 Å². The van der Waals surface area contributed by atoms with Crippen molar-refractivity contribution in [2.24, 2.45) is 0 Å². The van der Waals surface area contributed by atoms with Crippen LogP contribution in [0.2, 0.25) is 0 Å². The normalized spacial score (nSPS) is 11.1. The van der Waals surface area contributed by atoms with Gasteiger partial charge < -0.3 is 18.7 Å². The summed E-state index contributed by atoms with van der Waals surface area (Å²) in [6.45, 7) is 7.44. The highest BCUT2D eigenvalue weighted by molar-refractivity contribution is 5.95. The van der Waals surface area contributed by atoms with Crippen LogP contribution in [0.4, 0.5) is 5.69 Å². The van der Waals surface area contributed by atoms with Crippen molar-refractivity contribution in [3.05, 3.63) is 39.5 Å². The third kappa shape index (κ3) is 4.72. The fraction of sp³-hybridized carbons (Fsp3) is 0.471. The number of carbonyl (C=O) groups is 1. The molecule has 0 aliphatic carbocycles. The smallest absolute Gasteiger partial charge is 0.345 e. The predicted molar refractivity (Wildman–Crippen MR) is 92.9 cm³/mol. The van der Waals surface area contributed by atoms with Gasteiger partial charge in [-0.15, -0.1) is 0 Å². The summed E-state index contributed by atoms with van der Waals surface area (Å²) in [5.41, 5.74) is -1.05. The Morgan fingerprint density at radius 2 is 2.00 bits per heavy atom. The van der Waals surface area contributed by atoms with Gasteiger partial charge in [-0.25, -0.2) is 4.79 Å². The molecule has 0 fully saturated rings. The molecule has 0 spiro atoms. The molecule has 27 heavy (non-hydrogen) atoms. The van der Waals surface area contributed by atoms with Gasteiger partial charge in [0.2, 0.25) is 0 Å². The third-order valence-corrected chi connectivity index (χ3v) is 3.46. The second-order valence-corrected chi connectivity index (χ2v) is 6.55. The van der Waals surface area contributed by atoms with Crippen LogP contribution in [0.3, 0.4) is 0 Å². The Morgan fingerprint density at radius 3 is 2.52 bits per heavy atom. The van der Waals surface area contributed by atoms with E-state index in [4.69, 9.17) is 18.7 Å². The van der Waals surface area contributed by atoms with Crippen LogP contribution >= 0.6 is 0 Å². The van der Waals surface area contributed by atoms with E-state index in [-0.39, 0.29) is 35.0 Å². The maximum absolute atomic E-state index is 12.4. The molecule has 10 nitrogen and oxygen atoms in total. The predicted octanol–water partition coefficient (Wildman–Crippen LogP) is 3.04. The Kier molecular flexibility index (Phi) is 5.98. The molecular weight excluding hydrogens is 358 g/mol. The number of nitro benzene ring substituents is 1. The number of methoxy groups -OCH3 is 1. The summed E-state index contributed by atoms with van der Waals surface area (Å²) < 4.78 is 20.6. The summed E-state index contributed by atoms with van der Waals surface area (Å²) in [6.07, 6.45) is 0. The SMILES string of the molecule is CCOc1cc(C(=O)OCc2nc(C(C)(C)C)no2)c([N+](=O)[O-])cc1OC. The van der Waals surface area contributed by atoms with E-state index in [0.717, 1.165) is 6.07 Å². The van der Waals surface area contributed by atoms with Gasteiger partial charge in [-0.1, -0.05) is 25.9 Å². The first-order chi connectivity index (χ1) is 12.7. The molecule has 0 unspecified atom stereocenters. The molecule has 2 aromatic rings. The molecule has 0 N–H and O–H groups in total. The molecule has 1 aromatic carbocycles. The van der Waals surface area contributed by atoms with Crippen molar-refractivity contribution in [2.75, 3.05) is 13.7 Å². The van der Waals surface area contributed by atoms with Crippen LogP contribution in [0.5, 0.6) is 11.5 Å². The van der Waals surface area contributed by atoms with Gasteiger partial charge in [-0.2, -0.15) is 4.98 Å². The number of carbonyl (C=O) groups excluding carboxylic acids is 1. The molecular formula is C17H21N3O7. The average Bonchev–Trinajstić information content (AvgIpc) is 3.08. The Morgan fingerprint density at radius 1 is 1.30 bits per heavy atom. The van der Waals surface area contributed by atoms with E-state index in [1.807, 2.05) is 20.8 Å². The number of nitrogens with zero attached hydrogens (tertiary/aromatic N) is 3. The fourth-order valence-electron chi connectivity index (χ4n) is 2.11. The molecule has 10 heteroatoms. The average molecular weight is 379 g/mol. The molecule has 0 saturated heterocycles. The summed E-state index contributed by atoms with van der Waals surface area (Å²) in [6, 6.07) is 2.34. The Labute approximate surface area is 155 Å². The van der Waals surface area contributed by atoms with Gasteiger partial charge in [0, 0.05) is 11.5 Å². The summed E-state index contributed by atoms with van der Waals surface area (Å²) >= 11 is 0. The number of nitro groups is 1. The largest absolute Gasteiger partial charge is 0.493 e. The van der Waals surface area contributed by atoms with Crippen molar-refractivity contribution in [3.8, 4) is 11.5 Å². The maximum atomic E-state index is 12.4. The van der Waals surface area contributed by atoms with E-state index in [1.165, 1.54) is 13.2 Å². The summed E-state index contributed by atoms with van der Waals surface area (Å²) in [4.78, 5) is 27.2. The molecule has 0 saturated carbocycles. The van der Waals surface area contributed by atoms with Gasteiger partial charge in [0.05, 0.1) is 24.7 Å². The second-order valence-electron chi connectivity index (χ2n) is 6.55. The number of benzene rings is 1. The number of aromatic nitrogens is 2. The molecule has 2 rings (SSSR count). The van der Waals surface area contributed by atoms with E-state index in [1.54, 1.807) is 6.92 Å². The molecule has 0 atom stereocenters. The molecule has 0 amide bonds. The number of rotatable bonds is 7. The highest BCUT2D eigenvalue weighted by Crippen LogP contribution is 2.35. The number of hydrogen-bond acceptors (Lipinski definition) is 9. The number of ether oxygens (including phenoxy) is 3. The van der Waals surface area contributed by atoms with E-state index in [0.29, 0.717) is 12.4 Å². The van der Waals surface area contributed by atoms with Gasteiger partial charge in [0.15, 0.2) is 23.9 Å². The molecule has 1 aromatic heterocycles. The topological polar surface area (TPSA) is 127 Å². The van der Waals surface area contributed by atoms with Gasteiger partial charge in [-0.3, -0.25) is 10.1 Å². The zero-order valence-corrected chi connectivity index (χ0v) is 15.8. The lowest BCUT2D eigenvalue weighted by Crippen LogP contribution is -2.13. The van der Waals surface area contributed by atoms with Gasteiger partial charge in [0.25, 0.3) is 11.6 Å². The molecule has 0 aliphatic rings. The zero-order valence-electron chi connectivity index (χ0n) is 15.8. The molecule has 0 bridgehead atoms. The van der Waals surface area contributed by atoms with Crippen LogP contribution in [0.1, 0.15) is 49.8 Å². The van der Waals surface area contributed by atoms with Crippen LogP contribution in [-0.4, -0.2) is 34.7 Å². The summed E-state index contributed by atoms with van der Waals surface area (Å²) in [5, 5.41) is 15.1. The summed E-state index contributed by atoms with van der Waals surface area (Å²) in [5.74, 6) is -0.0184. The van der Waals surface area contributed by atoms with Gasteiger partial charge in [-0.05, 0) is 6.92 Å². The van der Waals surface area contributed by atoms with Crippen LogP contribution < -0.4 is 9.47 Å². The van der Waals surface area contributed by atoms with Crippen LogP contribution in [0, 0.1) is 10.1 Å². The Hall–Kier alpha value is -3.17. The summed E-state index contributed by atoms with van der Waals surface area (Å²) in [7, 11) is 1.35. The van der Waals surface area contributed by atoms with Crippen molar-refractivity contribution in [3.63, 3.8) is 0 Å². The fourth-order valence-corrected chi connectivity index (χ4v) is 2.11. The minimum atomic E-state index is -0.916. The van der Waals surface area contributed by atoms with Gasteiger partial charge >= 0.3 is 5.97 Å². The minimum absolute atomic E-state index is 0.0921. The first-order valence-electron chi connectivity index (χ1n) is 8.16. The van der Waals surface area contributed by atoms with E-state index in [9.17, 15) is 14.9 Å². The highest BCUT2D eigenvalue weighted by atomic mass is 16.6. The van der Waals surface area contributed by atoms with Crippen molar-refractivity contribution in [1.29, 1.82) is 0 Å². The van der Waals surface area contributed by atoms with Crippen molar-refractivity contribution in [1.82, 2.24) is 10.1 Å². The number of hydrogen-bond donors (Lipinski definition) is 0. The third-order valence-electron chi connectivity index (χ3n) is 3.46. The second kappa shape index (κ2) is 8.02. The molecule has 0 radical (unpaired) electrons. The van der Waals surface area contributed by atoms with Crippen molar-refractivity contribution in [2.45, 2.75) is 39.7 Å². The van der Waals surface area contributed by atoms with Crippen LogP contribution in [0.15, 0.2) is 16.7 Å². The van der Waals surface area contributed by atoms with E-state index in [2.05, 4.69) is 10.1 Å². The van der Waals surface area contributed by atoms with Crippen molar-refractivity contribution < 1.29 is 28.5 Å². The lowest BCUT2D eigenvalue weighted by molar-refractivity contribution is -0.385. The molecule has 0 aliphatic heterocycles. The highest BCUT2D eigenvalue weighted by Gasteiger charge is 2.27. The van der Waals surface area contributed by atoms with E-state index < -0.39 is 16.6 Å². The molecule has 146 valence electrons. The van der Waals surface area contributed by atoms with E-state index >= 15 is 0 Å². The molecule has 1 heterocycles. The lowest BCUT2D eigenvalue weighted by Gasteiger charge is -2.11. The van der Waals surface area contributed by atoms with Gasteiger partial charge in [0.1, 0.15) is 5.56 Å². The quantitative estimate of drug-likeness (QED) is 0.405. The standard InChI is InChI=1S/C17H21N3O7/c1-6-25-13-7-10(11(20(22)23)8-12(13)24-5)15(21)26-9-14-18-16(19-27-14)17(2,3)4/h7-8H,6,9H2,1-5H3. The maximum Gasteiger partial charge on any atom is 0.345 e. The number of esters is 1. The first-order valence-corrected chi connectivity index (χ1v) is 8.16. The lowest BCUT2D eigenvalue weighted by atomic mass is 9.96. The minimum Gasteiger partial charge on any atom is -0.493 e.